The molecular formula is C51H59ClF3N4O11PS3. The molecule has 0 spiro atoms. The molecule has 23 heteroatoms. The Bertz CT molecular complexity index is 2960. The number of halogens is 4. The van der Waals surface area contributed by atoms with E-state index in [-0.39, 0.29) is 11.5 Å². The lowest BCUT2D eigenvalue weighted by Gasteiger charge is -2.38. The first-order valence-corrected chi connectivity index (χ1v) is 29.6. The van der Waals surface area contributed by atoms with Crippen molar-refractivity contribution >= 4 is 68.3 Å². The van der Waals surface area contributed by atoms with Gasteiger partial charge in [0.1, 0.15) is 4.90 Å². The topological polar surface area (TPSA) is 190 Å². The Morgan fingerprint density at radius 3 is 2.18 bits per heavy atom. The molecule has 7 rings (SSSR count). The Kier molecular flexibility index (Phi) is 19.1. The summed E-state index contributed by atoms with van der Waals surface area (Å²) in [7, 11) is -15.5. The fraction of sp³-hybridized carbons (Fsp3) is 0.392. The van der Waals surface area contributed by atoms with Crippen LogP contribution in [0.4, 0.5) is 24.5 Å². The molecule has 400 valence electrons. The number of piperidine rings is 1. The number of ether oxygens (including phenoxy) is 2. The Labute approximate surface area is 439 Å². The van der Waals surface area contributed by atoms with Crippen LogP contribution in [0.3, 0.4) is 0 Å². The summed E-state index contributed by atoms with van der Waals surface area (Å²) in [4.78, 5) is 26.8. The van der Waals surface area contributed by atoms with E-state index >= 15 is 0 Å². The number of thioether (sulfide) groups is 1. The molecule has 15 nitrogen and oxygen atoms in total. The van der Waals surface area contributed by atoms with Gasteiger partial charge in [0.2, 0.25) is 0 Å². The van der Waals surface area contributed by atoms with Crippen molar-refractivity contribution in [3.05, 3.63) is 137 Å². The van der Waals surface area contributed by atoms with Crippen LogP contribution in [0.15, 0.2) is 136 Å². The number of anilines is 2. The Morgan fingerprint density at radius 2 is 1.53 bits per heavy atom. The maximum absolute atomic E-state index is 14.3. The number of rotatable bonds is 21. The van der Waals surface area contributed by atoms with Gasteiger partial charge in [0.25, 0.3) is 25.8 Å². The Hall–Kier alpha value is -4.51. The number of nitrogens with zero attached hydrogens (tertiary/aromatic N) is 2. The first-order valence-electron chi connectivity index (χ1n) is 23.7. The number of sulfonamides is 1. The molecule has 5 aromatic rings. The second kappa shape index (κ2) is 24.7. The smallest absolute Gasteiger partial charge is 0.380 e. The van der Waals surface area contributed by atoms with Crippen LogP contribution in [-0.2, 0) is 42.9 Å². The summed E-state index contributed by atoms with van der Waals surface area (Å²) >= 11 is 7.63. The number of sulfone groups is 1. The zero-order valence-corrected chi connectivity index (χ0v) is 45.0. The molecule has 0 aromatic heterocycles. The van der Waals surface area contributed by atoms with Gasteiger partial charge >= 0.3 is 13.3 Å². The molecule has 2 aliphatic heterocycles. The van der Waals surface area contributed by atoms with Crippen molar-refractivity contribution in [2.45, 2.75) is 78.0 Å². The number of hydrogen-bond acceptors (Lipinski definition) is 14. The molecule has 74 heavy (non-hydrogen) atoms. The molecule has 0 radical (unpaired) electrons. The van der Waals surface area contributed by atoms with Crippen molar-refractivity contribution in [3.63, 3.8) is 0 Å². The van der Waals surface area contributed by atoms with E-state index in [1.165, 1.54) is 23.9 Å². The molecule has 2 aliphatic rings. The third kappa shape index (κ3) is 15.6. The summed E-state index contributed by atoms with van der Waals surface area (Å²) < 4.78 is 133. The number of morpholine rings is 1. The Balaban J connectivity index is 1.04. The highest BCUT2D eigenvalue weighted by molar-refractivity contribution is 7.99. The summed E-state index contributed by atoms with van der Waals surface area (Å²) in [5.41, 5.74) is -3.96. The number of nitrogens with one attached hydrogen (secondary N) is 2. The van der Waals surface area contributed by atoms with E-state index in [9.17, 15) is 44.3 Å². The van der Waals surface area contributed by atoms with E-state index in [2.05, 4.69) is 15.1 Å². The molecule has 2 saturated heterocycles. The third-order valence-electron chi connectivity index (χ3n) is 12.3. The van der Waals surface area contributed by atoms with Gasteiger partial charge in [-0.1, -0.05) is 66.2 Å². The summed E-state index contributed by atoms with van der Waals surface area (Å²) in [6.45, 7) is 8.29. The SMILES string of the molecule is CC(C)(C)OP(=O)(O)OCO[C@H](c1ccccc1-c1ccc(Cl)cc1)C1CCN(c2ccc(C(=O)NS(=O)(=O)c3ccc(N[C@@H](CCN4CCOCC4)CSc4ccccc4)c(S(=O)(=O)C(F)(F)F)c3)cc2)CC1. The monoisotopic (exact) mass is 1120 g/mol. The van der Waals surface area contributed by atoms with Crippen LogP contribution in [0, 0.1) is 5.92 Å². The highest BCUT2D eigenvalue weighted by Gasteiger charge is 2.48. The fourth-order valence-electron chi connectivity index (χ4n) is 8.61. The molecular weight excluding hydrogens is 1060 g/mol. The van der Waals surface area contributed by atoms with E-state index < -0.39 is 79.1 Å². The number of hydrogen-bond donors (Lipinski definition) is 3. The van der Waals surface area contributed by atoms with Gasteiger partial charge in [-0.2, -0.15) is 13.2 Å². The van der Waals surface area contributed by atoms with Crippen molar-refractivity contribution in [2.24, 2.45) is 5.92 Å². The number of phosphoric ester groups is 1. The summed E-state index contributed by atoms with van der Waals surface area (Å²) in [6.07, 6.45) is 1.02. The number of phosphoric acid groups is 1. The molecule has 0 saturated carbocycles. The lowest BCUT2D eigenvalue weighted by Crippen LogP contribution is -2.39. The van der Waals surface area contributed by atoms with Gasteiger partial charge in [0.15, 0.2) is 6.79 Å². The minimum atomic E-state index is -6.11. The predicted octanol–water partition coefficient (Wildman–Crippen LogP) is 10.6. The number of alkyl halides is 3. The van der Waals surface area contributed by atoms with Gasteiger partial charge in [-0.25, -0.2) is 26.1 Å². The average Bonchev–Trinajstić information content (AvgIpc) is 3.36. The second-order valence-electron chi connectivity index (χ2n) is 18.7. The van der Waals surface area contributed by atoms with Crippen molar-refractivity contribution < 1.29 is 62.8 Å². The van der Waals surface area contributed by atoms with Gasteiger partial charge in [-0.15, -0.1) is 11.8 Å². The zero-order chi connectivity index (χ0) is 53.3. The maximum atomic E-state index is 14.3. The van der Waals surface area contributed by atoms with Crippen molar-refractivity contribution in [1.82, 2.24) is 9.62 Å². The van der Waals surface area contributed by atoms with Crippen LogP contribution in [0.25, 0.3) is 11.1 Å². The highest BCUT2D eigenvalue weighted by Crippen LogP contribution is 2.48. The largest absolute Gasteiger partial charge is 0.501 e. The first kappa shape index (κ1) is 57.2. The quantitative estimate of drug-likeness (QED) is 0.0357. The minimum Gasteiger partial charge on any atom is -0.380 e. The zero-order valence-electron chi connectivity index (χ0n) is 40.9. The molecule has 5 aromatic carbocycles. The van der Waals surface area contributed by atoms with Gasteiger partial charge < -0.3 is 24.6 Å². The van der Waals surface area contributed by atoms with Crippen LogP contribution in [0.2, 0.25) is 5.02 Å². The second-order valence-corrected chi connectivity index (χ2v) is 25.2. The summed E-state index contributed by atoms with van der Waals surface area (Å²) in [5.74, 6) is -0.858. The standard InChI is InChI=1S/C51H59ClF3N4O11PS3/c1-50(2,3)70-71(61,62)69-35-68-48(45-12-8-7-11-44(45)36-13-17-39(52)18-14-36)37-23-27-59(28-24-37)41-19-15-38(16-20-41)49(60)57-74(65,66)43-21-22-46(47(33-43)73(63,64)51(53,54)55)56-40(25-26-58-29-31-67-32-30-58)34-72-42-9-5-4-6-10-42/h4-22,33,37,40,48,56H,23-32,34-35H2,1-3H3,(H,57,60)(H,61,62)/t40-,48-/m0/s1. The van der Waals surface area contributed by atoms with Crippen LogP contribution in [0.5, 0.6) is 0 Å². The van der Waals surface area contributed by atoms with E-state index in [0.29, 0.717) is 87.7 Å². The molecule has 2 heterocycles. The van der Waals surface area contributed by atoms with Crippen molar-refractivity contribution in [2.75, 3.05) is 68.7 Å². The number of carbonyl (C=O) groups is 1. The van der Waals surface area contributed by atoms with E-state index in [4.69, 9.17) is 30.1 Å². The molecule has 2 fully saturated rings. The minimum absolute atomic E-state index is 0.0865. The molecule has 1 amide bonds. The van der Waals surface area contributed by atoms with Crippen LogP contribution in [-0.4, -0.2) is 108 Å². The maximum Gasteiger partial charge on any atom is 0.501 e. The molecule has 0 bridgehead atoms. The first-order chi connectivity index (χ1) is 35.0. The number of benzene rings is 5. The molecule has 0 aliphatic carbocycles. The van der Waals surface area contributed by atoms with Gasteiger partial charge in [-0.3, -0.25) is 18.7 Å². The van der Waals surface area contributed by atoms with Crippen molar-refractivity contribution in [1.29, 1.82) is 0 Å². The average molecular weight is 1120 g/mol. The van der Waals surface area contributed by atoms with Gasteiger partial charge in [0.05, 0.1) is 35.5 Å². The fourth-order valence-corrected chi connectivity index (χ4v) is 12.7. The van der Waals surface area contributed by atoms with Gasteiger partial charge in [-0.05, 0) is 129 Å². The normalized spacial score (nSPS) is 17.1. The van der Waals surface area contributed by atoms with Crippen LogP contribution < -0.4 is 14.9 Å². The number of amides is 1. The lowest BCUT2D eigenvalue weighted by atomic mass is 9.84. The lowest BCUT2D eigenvalue weighted by molar-refractivity contribution is -0.0830. The molecule has 3 N–H and O–H groups in total. The van der Waals surface area contributed by atoms with E-state index in [0.717, 1.165) is 33.7 Å². The van der Waals surface area contributed by atoms with Crippen LogP contribution >= 0.6 is 31.2 Å². The van der Waals surface area contributed by atoms with Crippen LogP contribution in [0.1, 0.15) is 62.1 Å². The molecule has 3 atom stereocenters. The van der Waals surface area contributed by atoms with E-state index in [1.807, 2.05) is 71.5 Å². The number of carbonyl (C=O) groups excluding carboxylic acids is 1. The van der Waals surface area contributed by atoms with E-state index in [1.54, 1.807) is 45.0 Å². The summed E-state index contributed by atoms with van der Waals surface area (Å²) in [6, 6.07) is 32.2. The van der Waals surface area contributed by atoms with Crippen molar-refractivity contribution in [3.8, 4) is 11.1 Å². The Morgan fingerprint density at radius 1 is 0.878 bits per heavy atom. The highest BCUT2D eigenvalue weighted by atomic mass is 35.5. The summed E-state index contributed by atoms with van der Waals surface area (Å²) in [5, 5.41) is 3.55. The van der Waals surface area contributed by atoms with Gasteiger partial charge in [0, 0.05) is 65.7 Å². The predicted molar refractivity (Wildman–Crippen MR) is 279 cm³/mol. The third-order valence-corrected chi connectivity index (χ3v) is 17.8. The molecule has 1 unspecified atom stereocenters.